The highest BCUT2D eigenvalue weighted by Crippen LogP contribution is 2.51. The van der Waals surface area contributed by atoms with Crippen molar-refractivity contribution in [2.45, 2.75) is 36.2 Å². The van der Waals surface area contributed by atoms with Gasteiger partial charge in [0.25, 0.3) is 0 Å². The summed E-state index contributed by atoms with van der Waals surface area (Å²) in [4.78, 5) is 13.4. The molecule has 1 aliphatic carbocycles. The highest BCUT2D eigenvalue weighted by molar-refractivity contribution is 7.89. The number of anilines is 1. The first-order chi connectivity index (χ1) is 17.7. The van der Waals surface area contributed by atoms with Gasteiger partial charge in [-0.3, -0.25) is 4.79 Å². The number of hydrogen-bond acceptors (Lipinski definition) is 7. The summed E-state index contributed by atoms with van der Waals surface area (Å²) in [5, 5.41) is 21.4. The van der Waals surface area contributed by atoms with Crippen molar-refractivity contribution < 1.29 is 37.2 Å². The summed E-state index contributed by atoms with van der Waals surface area (Å²) < 4.78 is 38.0. The van der Waals surface area contributed by atoms with Crippen LogP contribution >= 0.6 is 0 Å². The van der Waals surface area contributed by atoms with E-state index < -0.39 is 28.1 Å². The van der Waals surface area contributed by atoms with Crippen molar-refractivity contribution >= 4 is 21.6 Å². The molecule has 10 heteroatoms. The second-order valence-corrected chi connectivity index (χ2v) is 11.1. The van der Waals surface area contributed by atoms with Gasteiger partial charge in [0.2, 0.25) is 22.7 Å². The quantitative estimate of drug-likeness (QED) is 0.333. The van der Waals surface area contributed by atoms with Gasteiger partial charge in [0.1, 0.15) is 0 Å². The molecule has 2 aliphatic rings. The van der Waals surface area contributed by atoms with E-state index >= 15 is 0 Å². The molecular weight excluding hydrogens is 496 g/mol. The SMILES string of the molecule is Cc1ccc(NC(=O)C2(c3ccc4c(c3)OCO4)CC2)cc1-c1ccc(S(=O)(=O)NC[C@H](O)CO)cc1.[HH].[HH].[HH]. The molecule has 0 radical (unpaired) electrons. The van der Waals surface area contributed by atoms with Crippen molar-refractivity contribution in [2.24, 2.45) is 0 Å². The van der Waals surface area contributed by atoms with Gasteiger partial charge in [-0.05, 0) is 78.4 Å². The fourth-order valence-electron chi connectivity index (χ4n) is 4.39. The molecule has 9 nitrogen and oxygen atoms in total. The van der Waals surface area contributed by atoms with Crippen LogP contribution in [0.15, 0.2) is 65.6 Å². The number of nitrogens with one attached hydrogen (secondary N) is 2. The topological polar surface area (TPSA) is 134 Å². The minimum absolute atomic E-state index is 0. The van der Waals surface area contributed by atoms with Gasteiger partial charge in [0.15, 0.2) is 11.5 Å². The van der Waals surface area contributed by atoms with E-state index in [4.69, 9.17) is 14.6 Å². The first-order valence-corrected chi connectivity index (χ1v) is 13.4. The first kappa shape index (κ1) is 25.2. The number of hydrogen-bond donors (Lipinski definition) is 4. The average Bonchev–Trinajstić information content (AvgIpc) is 3.59. The number of fused-ring (bicyclic) bond motifs is 1. The Hall–Kier alpha value is -3.44. The molecule has 0 bridgehead atoms. The lowest BCUT2D eigenvalue weighted by Gasteiger charge is -2.17. The second-order valence-electron chi connectivity index (χ2n) is 9.35. The van der Waals surface area contributed by atoms with E-state index in [1.54, 1.807) is 12.1 Å². The maximum atomic E-state index is 13.3. The number of amides is 1. The van der Waals surface area contributed by atoms with Gasteiger partial charge in [0.05, 0.1) is 23.0 Å². The molecule has 1 heterocycles. The number of aryl methyl sites for hydroxylation is 1. The number of benzene rings is 3. The minimum atomic E-state index is -3.83. The third kappa shape index (κ3) is 5.05. The van der Waals surface area contributed by atoms with Crippen LogP contribution in [-0.2, 0) is 20.2 Å². The Kier molecular flexibility index (Phi) is 6.67. The summed E-state index contributed by atoms with van der Waals surface area (Å²) in [7, 11) is -3.83. The standard InChI is InChI=1S/C27H28N2O7S.3H2/c1-17-2-6-20(29-26(32)27(10-11-27)19-5-9-24-25(12-19)36-16-35-24)13-23(17)18-3-7-22(8-4-18)37(33,34)28-14-21(31)15-30;;;/h2-9,12-13,21,28,30-31H,10-11,14-16H2,1H3,(H,29,32);3*1H/t21-;;;/m0.../s1. The molecule has 3 aromatic carbocycles. The molecule has 1 saturated carbocycles. The zero-order valence-corrected chi connectivity index (χ0v) is 21.0. The molecule has 5 rings (SSSR count). The van der Waals surface area contributed by atoms with E-state index in [-0.39, 0.29) is 28.4 Å². The predicted molar refractivity (Wildman–Crippen MR) is 143 cm³/mol. The van der Waals surface area contributed by atoms with Gasteiger partial charge >= 0.3 is 0 Å². The third-order valence-electron chi connectivity index (χ3n) is 6.80. The van der Waals surface area contributed by atoms with Gasteiger partial charge in [0, 0.05) is 16.5 Å². The Morgan fingerprint density at radius 3 is 2.49 bits per heavy atom. The number of rotatable bonds is 9. The van der Waals surface area contributed by atoms with E-state index in [0.29, 0.717) is 17.2 Å². The molecule has 200 valence electrons. The summed E-state index contributed by atoms with van der Waals surface area (Å²) in [6.07, 6.45) is 0.321. The molecule has 0 spiro atoms. The largest absolute Gasteiger partial charge is 0.454 e. The molecule has 1 fully saturated rings. The summed E-state index contributed by atoms with van der Waals surface area (Å²) in [6, 6.07) is 17.6. The number of aliphatic hydroxyl groups is 2. The lowest BCUT2D eigenvalue weighted by atomic mass is 9.94. The number of carbonyl (C=O) groups excluding carboxylic acids is 1. The van der Waals surface area contributed by atoms with Crippen LogP contribution in [0.1, 0.15) is 28.2 Å². The van der Waals surface area contributed by atoms with E-state index in [0.717, 1.165) is 35.1 Å². The van der Waals surface area contributed by atoms with Crippen molar-refractivity contribution in [1.29, 1.82) is 0 Å². The van der Waals surface area contributed by atoms with Gasteiger partial charge in [-0.2, -0.15) is 0 Å². The normalized spacial score (nSPS) is 16.3. The van der Waals surface area contributed by atoms with Crippen LogP contribution in [0.3, 0.4) is 0 Å². The molecule has 3 aromatic rings. The van der Waals surface area contributed by atoms with E-state index in [1.807, 2.05) is 43.3 Å². The predicted octanol–water partition coefficient (Wildman–Crippen LogP) is 3.43. The molecule has 1 amide bonds. The van der Waals surface area contributed by atoms with Crippen molar-refractivity contribution in [1.82, 2.24) is 4.72 Å². The lowest BCUT2D eigenvalue weighted by Crippen LogP contribution is -2.33. The van der Waals surface area contributed by atoms with Gasteiger partial charge in [-0.1, -0.05) is 24.3 Å². The highest BCUT2D eigenvalue weighted by Gasteiger charge is 2.51. The molecule has 0 aromatic heterocycles. The van der Waals surface area contributed by atoms with Crippen LogP contribution in [-0.4, -0.2) is 50.6 Å². The Morgan fingerprint density at radius 1 is 1.05 bits per heavy atom. The number of carbonyl (C=O) groups is 1. The third-order valence-corrected chi connectivity index (χ3v) is 8.24. The van der Waals surface area contributed by atoms with Gasteiger partial charge in [-0.25, -0.2) is 13.1 Å². The highest BCUT2D eigenvalue weighted by atomic mass is 32.2. The lowest BCUT2D eigenvalue weighted by molar-refractivity contribution is -0.118. The molecule has 0 saturated heterocycles. The molecule has 1 atom stereocenters. The fourth-order valence-corrected chi connectivity index (χ4v) is 5.47. The zero-order chi connectivity index (χ0) is 26.2. The van der Waals surface area contributed by atoms with Crippen LogP contribution in [0, 0.1) is 6.92 Å². The van der Waals surface area contributed by atoms with Crippen LogP contribution in [0.4, 0.5) is 5.69 Å². The number of sulfonamides is 1. The summed E-state index contributed by atoms with van der Waals surface area (Å²) >= 11 is 0. The van der Waals surface area contributed by atoms with E-state index in [1.165, 1.54) is 12.1 Å². The maximum absolute atomic E-state index is 13.3. The van der Waals surface area contributed by atoms with Crippen molar-refractivity contribution in [3.05, 3.63) is 71.8 Å². The molecule has 37 heavy (non-hydrogen) atoms. The van der Waals surface area contributed by atoms with Crippen LogP contribution in [0.5, 0.6) is 11.5 Å². The monoisotopic (exact) mass is 530 g/mol. The molecule has 1 aliphatic heterocycles. The average molecular weight is 531 g/mol. The first-order valence-electron chi connectivity index (χ1n) is 11.9. The van der Waals surface area contributed by atoms with Crippen molar-refractivity contribution in [2.75, 3.05) is 25.3 Å². The summed E-state index contributed by atoms with van der Waals surface area (Å²) in [5.41, 5.74) is 3.57. The number of aliphatic hydroxyl groups excluding tert-OH is 2. The summed E-state index contributed by atoms with van der Waals surface area (Å²) in [6.45, 7) is 1.30. The fraction of sp³-hybridized carbons (Fsp3) is 0.296. The molecule has 4 N–H and O–H groups in total. The zero-order valence-electron chi connectivity index (χ0n) is 20.2. The molecular formula is C27H34N2O7S. The van der Waals surface area contributed by atoms with Crippen LogP contribution < -0.4 is 19.5 Å². The van der Waals surface area contributed by atoms with Gasteiger partial charge < -0.3 is 25.0 Å². The van der Waals surface area contributed by atoms with Gasteiger partial charge in [-0.15, -0.1) is 0 Å². The molecule has 0 unspecified atom stereocenters. The van der Waals surface area contributed by atoms with E-state index in [9.17, 15) is 18.3 Å². The van der Waals surface area contributed by atoms with Crippen molar-refractivity contribution in [3.63, 3.8) is 0 Å². The van der Waals surface area contributed by atoms with Crippen LogP contribution in [0.25, 0.3) is 11.1 Å². The Labute approximate surface area is 219 Å². The number of ether oxygens (including phenoxy) is 2. The van der Waals surface area contributed by atoms with E-state index in [2.05, 4.69) is 10.0 Å². The Balaban J connectivity index is 0.00000187. The summed E-state index contributed by atoms with van der Waals surface area (Å²) in [5.74, 6) is 1.25. The van der Waals surface area contributed by atoms with Crippen LogP contribution in [0.2, 0.25) is 0 Å². The minimum Gasteiger partial charge on any atom is -0.454 e. The second kappa shape index (κ2) is 9.79. The Bertz CT molecular complexity index is 1450. The van der Waals surface area contributed by atoms with Crippen molar-refractivity contribution in [3.8, 4) is 22.6 Å². The maximum Gasteiger partial charge on any atom is 0.240 e. The smallest absolute Gasteiger partial charge is 0.240 e. The Morgan fingerprint density at radius 2 is 1.78 bits per heavy atom.